The molecule has 4 aliphatic rings. The minimum absolute atomic E-state index is 0.148. The Labute approximate surface area is 211 Å². The fraction of sp³-hybridized carbons (Fsp3) is 0.400. The lowest BCUT2D eigenvalue weighted by Crippen LogP contribution is -2.26. The van der Waals surface area contributed by atoms with Gasteiger partial charge in [-0.25, -0.2) is 4.39 Å². The van der Waals surface area contributed by atoms with Crippen molar-refractivity contribution >= 4 is 40.4 Å². The SMILES string of the molecule is CC.Cn1cc(-c2cc(F)c3nnc(SC4=CC5=C(CC4)N=CC4N=C(C6CC6)SC54)n3c2)cn1. The largest absolute Gasteiger partial charge is 0.275 e. The topological polar surface area (TPSA) is 72.7 Å². The maximum atomic E-state index is 14.8. The van der Waals surface area contributed by atoms with Crippen LogP contribution in [0.4, 0.5) is 4.39 Å². The van der Waals surface area contributed by atoms with Crippen molar-refractivity contribution in [2.45, 2.75) is 56.0 Å². The molecule has 0 N–H and O–H groups in total. The second-order valence-electron chi connectivity index (χ2n) is 8.82. The van der Waals surface area contributed by atoms with E-state index >= 15 is 0 Å². The number of hydrogen-bond donors (Lipinski definition) is 0. The van der Waals surface area contributed by atoms with Crippen molar-refractivity contribution in [2.75, 3.05) is 0 Å². The Balaban J connectivity index is 0.00000112. The lowest BCUT2D eigenvalue weighted by Gasteiger charge is -2.26. The summed E-state index contributed by atoms with van der Waals surface area (Å²) in [4.78, 5) is 10.9. The monoisotopic (exact) mass is 507 g/mol. The predicted octanol–water partition coefficient (Wildman–Crippen LogP) is 5.70. The molecule has 7 rings (SSSR count). The summed E-state index contributed by atoms with van der Waals surface area (Å²) in [6, 6.07) is 1.64. The van der Waals surface area contributed by atoms with E-state index in [0.717, 1.165) is 24.0 Å². The van der Waals surface area contributed by atoms with Crippen molar-refractivity contribution in [3.63, 3.8) is 0 Å². The van der Waals surface area contributed by atoms with E-state index in [1.54, 1.807) is 27.0 Å². The van der Waals surface area contributed by atoms with Crippen LogP contribution in [0.2, 0.25) is 0 Å². The van der Waals surface area contributed by atoms with E-state index in [1.165, 1.54) is 40.1 Å². The third-order valence-corrected chi connectivity index (χ3v) is 8.91. The number of aromatic nitrogens is 5. The van der Waals surface area contributed by atoms with E-state index in [4.69, 9.17) is 9.98 Å². The molecule has 0 spiro atoms. The number of nitrogens with zero attached hydrogens (tertiary/aromatic N) is 7. The second kappa shape index (κ2) is 9.05. The average molecular weight is 508 g/mol. The third-order valence-electron chi connectivity index (χ3n) is 6.40. The smallest absolute Gasteiger partial charge is 0.200 e. The minimum Gasteiger partial charge on any atom is -0.275 e. The summed E-state index contributed by atoms with van der Waals surface area (Å²) in [6.07, 6.45) is 14.1. The van der Waals surface area contributed by atoms with Crippen LogP contribution in [0, 0.1) is 11.7 Å². The highest BCUT2D eigenvalue weighted by Crippen LogP contribution is 2.47. The summed E-state index contributed by atoms with van der Waals surface area (Å²) in [7, 11) is 1.85. The van der Waals surface area contributed by atoms with Crippen LogP contribution in [-0.2, 0) is 7.05 Å². The Kier molecular flexibility index (Phi) is 5.88. The minimum atomic E-state index is -0.394. The van der Waals surface area contributed by atoms with Gasteiger partial charge < -0.3 is 0 Å². The molecule has 35 heavy (non-hydrogen) atoms. The van der Waals surface area contributed by atoms with E-state index in [1.807, 2.05) is 51.3 Å². The summed E-state index contributed by atoms with van der Waals surface area (Å²) in [5.41, 5.74) is 4.30. The van der Waals surface area contributed by atoms with Gasteiger partial charge in [0.1, 0.15) is 6.04 Å². The first-order chi connectivity index (χ1) is 17.1. The van der Waals surface area contributed by atoms with Crippen molar-refractivity contribution < 1.29 is 4.39 Å². The molecule has 1 saturated carbocycles. The van der Waals surface area contributed by atoms with Gasteiger partial charge in [0.2, 0.25) is 0 Å². The Morgan fingerprint density at radius 1 is 1.11 bits per heavy atom. The van der Waals surface area contributed by atoms with Gasteiger partial charge in [0.05, 0.1) is 16.5 Å². The molecule has 2 aliphatic heterocycles. The average Bonchev–Trinajstić information content (AvgIpc) is 3.28. The highest BCUT2D eigenvalue weighted by atomic mass is 32.2. The molecule has 0 radical (unpaired) electrons. The number of aryl methyl sites for hydroxylation is 1. The highest BCUT2D eigenvalue weighted by molar-refractivity contribution is 8.15. The van der Waals surface area contributed by atoms with Crippen LogP contribution < -0.4 is 0 Å². The number of hydrogen-bond acceptors (Lipinski definition) is 7. The molecule has 0 bridgehead atoms. The van der Waals surface area contributed by atoms with Crippen molar-refractivity contribution in [2.24, 2.45) is 23.0 Å². The molecule has 3 aromatic heterocycles. The molecule has 0 amide bonds. The summed E-state index contributed by atoms with van der Waals surface area (Å²) in [5, 5.41) is 14.9. The second-order valence-corrected chi connectivity index (χ2v) is 11.1. The van der Waals surface area contributed by atoms with Crippen LogP contribution >= 0.6 is 23.5 Å². The summed E-state index contributed by atoms with van der Waals surface area (Å²) < 4.78 is 18.2. The quantitative estimate of drug-likeness (QED) is 0.453. The fourth-order valence-electron chi connectivity index (χ4n) is 4.53. The van der Waals surface area contributed by atoms with Crippen molar-refractivity contribution in [3.8, 4) is 11.1 Å². The van der Waals surface area contributed by atoms with Crippen LogP contribution in [0.25, 0.3) is 16.8 Å². The zero-order chi connectivity index (χ0) is 24.1. The number of fused-ring (bicyclic) bond motifs is 3. The fourth-order valence-corrected chi connectivity index (χ4v) is 6.95. The van der Waals surface area contributed by atoms with Crippen LogP contribution in [0.15, 0.2) is 62.0 Å². The first-order valence-electron chi connectivity index (χ1n) is 12.1. The zero-order valence-electron chi connectivity index (χ0n) is 19.8. The van der Waals surface area contributed by atoms with Gasteiger partial charge in [-0.15, -0.1) is 22.0 Å². The molecule has 1 fully saturated rings. The molecule has 2 aliphatic carbocycles. The molecule has 7 nitrogen and oxygen atoms in total. The van der Waals surface area contributed by atoms with Gasteiger partial charge in [0, 0.05) is 48.4 Å². The highest BCUT2D eigenvalue weighted by Gasteiger charge is 2.41. The predicted molar refractivity (Wildman–Crippen MR) is 141 cm³/mol. The van der Waals surface area contributed by atoms with Crippen LogP contribution in [0.3, 0.4) is 0 Å². The molecule has 10 heteroatoms. The summed E-state index contributed by atoms with van der Waals surface area (Å²) in [6.45, 7) is 4.00. The molecule has 0 saturated heterocycles. The van der Waals surface area contributed by atoms with Crippen LogP contribution in [0.1, 0.15) is 39.5 Å². The molecule has 2 unspecified atom stereocenters. The maximum Gasteiger partial charge on any atom is 0.200 e. The number of rotatable bonds is 4. The molecule has 2 atom stereocenters. The van der Waals surface area contributed by atoms with Gasteiger partial charge in [-0.05, 0) is 48.3 Å². The molecule has 180 valence electrons. The summed E-state index contributed by atoms with van der Waals surface area (Å²) >= 11 is 3.48. The molecular weight excluding hydrogens is 481 g/mol. The standard InChI is InChI=1S/C23H20FN7S2.C2H6/c1-30-10-14(8-26-30)13-6-17(24)21-28-29-23(31(21)11-13)32-15-4-5-18-16(7-15)20-19(9-25-18)27-22(33-20)12-2-3-12;1-2/h6-12,19-20H,2-5H2,1H3;1-2H3. The molecule has 5 heterocycles. The van der Waals surface area contributed by atoms with Gasteiger partial charge in [0.15, 0.2) is 16.6 Å². The maximum absolute atomic E-state index is 14.8. The van der Waals surface area contributed by atoms with Gasteiger partial charge in [0.25, 0.3) is 0 Å². The van der Waals surface area contributed by atoms with Gasteiger partial charge in [-0.1, -0.05) is 25.6 Å². The number of allylic oxidation sites excluding steroid dienone is 3. The van der Waals surface area contributed by atoms with E-state index in [0.29, 0.717) is 16.3 Å². The summed E-state index contributed by atoms with van der Waals surface area (Å²) in [5.74, 6) is 0.278. The number of pyridine rings is 1. The number of aliphatic imine (C=N–C) groups is 2. The van der Waals surface area contributed by atoms with E-state index in [2.05, 4.69) is 21.4 Å². The Bertz CT molecular complexity index is 1430. The molecule has 0 aromatic carbocycles. The number of thioether (sulfide) groups is 2. The van der Waals surface area contributed by atoms with E-state index in [-0.39, 0.29) is 11.7 Å². The normalized spacial score (nSPS) is 23.0. The van der Waals surface area contributed by atoms with Crippen molar-refractivity contribution in [3.05, 3.63) is 52.7 Å². The van der Waals surface area contributed by atoms with Crippen LogP contribution in [-0.4, -0.2) is 46.9 Å². The van der Waals surface area contributed by atoms with Gasteiger partial charge >= 0.3 is 0 Å². The van der Waals surface area contributed by atoms with E-state index < -0.39 is 5.82 Å². The Morgan fingerprint density at radius 2 is 1.97 bits per heavy atom. The van der Waals surface area contributed by atoms with E-state index in [9.17, 15) is 4.39 Å². The Morgan fingerprint density at radius 3 is 2.74 bits per heavy atom. The number of halogens is 1. The first-order valence-corrected chi connectivity index (χ1v) is 13.8. The molecular formula is C25H26FN7S2. The van der Waals surface area contributed by atoms with Gasteiger partial charge in [-0.2, -0.15) is 5.10 Å². The zero-order valence-corrected chi connectivity index (χ0v) is 21.5. The van der Waals surface area contributed by atoms with Crippen molar-refractivity contribution in [1.29, 1.82) is 0 Å². The van der Waals surface area contributed by atoms with Gasteiger partial charge in [-0.3, -0.25) is 19.1 Å². The first kappa shape index (κ1) is 22.7. The third kappa shape index (κ3) is 4.16. The van der Waals surface area contributed by atoms with Crippen LogP contribution in [0.5, 0.6) is 0 Å². The molecule has 3 aromatic rings. The van der Waals surface area contributed by atoms with Crippen molar-refractivity contribution in [1.82, 2.24) is 24.4 Å². The Hall–Kier alpha value is -2.72. The lowest BCUT2D eigenvalue weighted by atomic mass is 9.95. The lowest BCUT2D eigenvalue weighted by molar-refractivity contribution is 0.629.